The molecule has 0 unspecified atom stereocenters. The van der Waals surface area contributed by atoms with Gasteiger partial charge in [0, 0.05) is 17.5 Å². The van der Waals surface area contributed by atoms with E-state index in [1.54, 1.807) is 5.38 Å². The fourth-order valence-electron chi connectivity index (χ4n) is 0.845. The Hall–Kier alpha value is -1.16. The Labute approximate surface area is 90.7 Å². The lowest BCUT2D eigenvalue weighted by Crippen LogP contribution is -2.07. The fraction of sp³-hybridized carbons (Fsp3) is 0.286. The third-order valence-electron chi connectivity index (χ3n) is 1.53. The molecular weight excluding hydrogens is 226 g/mol. The quantitative estimate of drug-likeness (QED) is 0.638. The second-order valence-electron chi connectivity index (χ2n) is 2.44. The molecule has 0 bridgehead atoms. The zero-order chi connectivity index (χ0) is 9.84. The molecule has 0 saturated heterocycles. The van der Waals surface area contributed by atoms with Gasteiger partial charge in [0.15, 0.2) is 0 Å². The van der Waals surface area contributed by atoms with Crippen LogP contribution < -0.4 is 5.73 Å². The van der Waals surface area contributed by atoms with Crippen LogP contribution in [-0.2, 0) is 0 Å². The van der Waals surface area contributed by atoms with Crippen molar-refractivity contribution < 1.29 is 4.92 Å². The first kappa shape index (κ1) is 12.8. The Kier molecular flexibility index (Phi) is 5.09. The van der Waals surface area contributed by atoms with Crippen LogP contribution in [0.15, 0.2) is 11.4 Å². The second kappa shape index (κ2) is 5.54. The second-order valence-corrected chi connectivity index (χ2v) is 3.33. The highest BCUT2D eigenvalue weighted by molar-refractivity contribution is 7.13. The Morgan fingerprint density at radius 3 is 2.86 bits per heavy atom. The molecule has 0 saturated carbocycles. The predicted molar refractivity (Wildman–Crippen MR) is 55.4 cm³/mol. The molecule has 0 amide bonds. The minimum absolute atomic E-state index is 0. The third kappa shape index (κ3) is 2.96. The molecule has 0 spiro atoms. The lowest BCUT2D eigenvalue weighted by atomic mass is 10.1. The smallest absolute Gasteiger partial charge is 0.323 e. The summed E-state index contributed by atoms with van der Waals surface area (Å²) in [6, 6.07) is 2.90. The number of rotatable bonds is 3. The van der Waals surface area contributed by atoms with E-state index in [4.69, 9.17) is 11.0 Å². The number of nitrogens with two attached hydrogens (primary N) is 1. The number of thiophene rings is 1. The fourth-order valence-corrected chi connectivity index (χ4v) is 1.64. The van der Waals surface area contributed by atoms with Crippen LogP contribution in [0.1, 0.15) is 18.0 Å². The average Bonchev–Trinajstić information content (AvgIpc) is 2.52. The number of nitrogens with zero attached hydrogens (tertiary/aromatic N) is 2. The van der Waals surface area contributed by atoms with E-state index in [-0.39, 0.29) is 23.8 Å². The zero-order valence-electron chi connectivity index (χ0n) is 7.04. The molecule has 0 aliphatic carbocycles. The monoisotopic (exact) mass is 233 g/mol. The zero-order valence-corrected chi connectivity index (χ0v) is 8.68. The Morgan fingerprint density at radius 1 is 1.79 bits per heavy atom. The highest BCUT2D eigenvalue weighted by atomic mass is 35.5. The summed E-state index contributed by atoms with van der Waals surface area (Å²) in [6.07, 6.45) is 0.174. The molecule has 0 aliphatic rings. The van der Waals surface area contributed by atoms with Crippen molar-refractivity contribution in [3.63, 3.8) is 0 Å². The van der Waals surface area contributed by atoms with Crippen molar-refractivity contribution in [2.75, 3.05) is 0 Å². The summed E-state index contributed by atoms with van der Waals surface area (Å²) in [5.41, 5.74) is 6.23. The number of hydrogen-bond donors (Lipinski definition) is 1. The van der Waals surface area contributed by atoms with Gasteiger partial charge >= 0.3 is 5.00 Å². The SMILES string of the molecule is Cl.N#CC[C@@H](N)c1csc([N+](=O)[O-])c1. The first-order chi connectivity index (χ1) is 6.15. The van der Waals surface area contributed by atoms with Crippen LogP contribution in [0, 0.1) is 21.4 Å². The highest BCUT2D eigenvalue weighted by Gasteiger charge is 2.13. The Balaban J connectivity index is 0.00000169. The van der Waals surface area contributed by atoms with E-state index in [0.717, 1.165) is 11.3 Å². The first-order valence-corrected chi connectivity index (χ1v) is 4.38. The number of nitriles is 1. The van der Waals surface area contributed by atoms with Gasteiger partial charge in [0.1, 0.15) is 0 Å². The van der Waals surface area contributed by atoms with Crippen LogP contribution in [0.5, 0.6) is 0 Å². The van der Waals surface area contributed by atoms with E-state index in [2.05, 4.69) is 0 Å². The molecule has 2 N–H and O–H groups in total. The van der Waals surface area contributed by atoms with Crippen LogP contribution in [0.25, 0.3) is 0 Å². The molecule has 0 radical (unpaired) electrons. The predicted octanol–water partition coefficient (Wildman–Crippen LogP) is 1.99. The summed E-state index contributed by atoms with van der Waals surface area (Å²) in [7, 11) is 0. The summed E-state index contributed by atoms with van der Waals surface area (Å²) in [4.78, 5) is 9.84. The molecule has 5 nitrogen and oxygen atoms in total. The summed E-state index contributed by atoms with van der Waals surface area (Å²) < 4.78 is 0. The minimum Gasteiger partial charge on any atom is -0.323 e. The molecule has 0 aliphatic heterocycles. The topological polar surface area (TPSA) is 93.0 Å². The molecule has 1 atom stereocenters. The summed E-state index contributed by atoms with van der Waals surface area (Å²) in [6.45, 7) is 0. The van der Waals surface area contributed by atoms with Gasteiger partial charge in [-0.15, -0.1) is 12.4 Å². The van der Waals surface area contributed by atoms with E-state index in [9.17, 15) is 10.1 Å². The molecule has 0 aromatic carbocycles. The van der Waals surface area contributed by atoms with Crippen LogP contribution in [0.2, 0.25) is 0 Å². The van der Waals surface area contributed by atoms with Gasteiger partial charge in [-0.2, -0.15) is 5.26 Å². The van der Waals surface area contributed by atoms with Crippen molar-refractivity contribution in [3.05, 3.63) is 27.1 Å². The van der Waals surface area contributed by atoms with Crippen LogP contribution in [-0.4, -0.2) is 4.92 Å². The maximum Gasteiger partial charge on any atom is 0.324 e. The van der Waals surface area contributed by atoms with Gasteiger partial charge in [-0.05, 0) is 5.56 Å². The standard InChI is InChI=1S/C7H7N3O2S.ClH/c8-2-1-6(9)5-3-7(10(11)12)13-4-5;/h3-4,6H,1,9H2;1H/t6-;/m1./s1. The van der Waals surface area contributed by atoms with E-state index in [0.29, 0.717) is 5.56 Å². The van der Waals surface area contributed by atoms with Crippen molar-refractivity contribution in [2.45, 2.75) is 12.5 Å². The molecule has 76 valence electrons. The van der Waals surface area contributed by atoms with Crippen LogP contribution >= 0.6 is 23.7 Å². The van der Waals surface area contributed by atoms with Gasteiger partial charge in [-0.1, -0.05) is 11.3 Å². The largest absolute Gasteiger partial charge is 0.324 e. The average molecular weight is 234 g/mol. The van der Waals surface area contributed by atoms with Gasteiger partial charge in [0.05, 0.1) is 17.4 Å². The van der Waals surface area contributed by atoms with Gasteiger partial charge in [-0.3, -0.25) is 10.1 Å². The van der Waals surface area contributed by atoms with Crippen molar-refractivity contribution in [1.29, 1.82) is 5.26 Å². The Morgan fingerprint density at radius 2 is 2.43 bits per heavy atom. The molecule has 0 fully saturated rings. The lowest BCUT2D eigenvalue weighted by Gasteiger charge is -2.01. The molecule has 1 heterocycles. The van der Waals surface area contributed by atoms with E-state index >= 15 is 0 Å². The molecular formula is C7H8ClN3O2S. The van der Waals surface area contributed by atoms with Gasteiger partial charge in [-0.25, -0.2) is 0 Å². The minimum atomic E-state index is -0.465. The normalized spacial score (nSPS) is 11.1. The molecule has 1 aromatic rings. The van der Waals surface area contributed by atoms with Gasteiger partial charge < -0.3 is 5.73 Å². The number of nitro groups is 1. The lowest BCUT2D eigenvalue weighted by molar-refractivity contribution is -0.380. The van der Waals surface area contributed by atoms with Crippen molar-refractivity contribution in [2.24, 2.45) is 5.73 Å². The summed E-state index contributed by atoms with van der Waals surface area (Å²) in [5.74, 6) is 0. The van der Waals surface area contributed by atoms with E-state index in [1.807, 2.05) is 6.07 Å². The van der Waals surface area contributed by atoms with Gasteiger partial charge in [0.25, 0.3) is 0 Å². The van der Waals surface area contributed by atoms with Crippen molar-refractivity contribution in [3.8, 4) is 6.07 Å². The number of hydrogen-bond acceptors (Lipinski definition) is 5. The maximum absolute atomic E-state index is 10.3. The van der Waals surface area contributed by atoms with Crippen LogP contribution in [0.4, 0.5) is 5.00 Å². The number of halogens is 1. The van der Waals surface area contributed by atoms with E-state index in [1.165, 1.54) is 6.07 Å². The maximum atomic E-state index is 10.3. The highest BCUT2D eigenvalue weighted by Crippen LogP contribution is 2.26. The third-order valence-corrected chi connectivity index (χ3v) is 2.42. The molecule has 1 aromatic heterocycles. The van der Waals surface area contributed by atoms with Crippen molar-refractivity contribution >= 4 is 28.7 Å². The van der Waals surface area contributed by atoms with Gasteiger partial charge in [0.2, 0.25) is 0 Å². The molecule has 14 heavy (non-hydrogen) atoms. The summed E-state index contributed by atoms with van der Waals surface area (Å²) in [5, 5.41) is 20.3. The van der Waals surface area contributed by atoms with E-state index < -0.39 is 11.0 Å². The Bertz CT molecular complexity index is 360. The summed E-state index contributed by atoms with van der Waals surface area (Å²) >= 11 is 1.02. The molecule has 7 heteroatoms. The molecule has 1 rings (SSSR count). The first-order valence-electron chi connectivity index (χ1n) is 3.50. The van der Waals surface area contributed by atoms with Crippen molar-refractivity contribution in [1.82, 2.24) is 0 Å². The van der Waals surface area contributed by atoms with Crippen LogP contribution in [0.3, 0.4) is 0 Å².